The first-order chi connectivity index (χ1) is 12.8. The van der Waals surface area contributed by atoms with Crippen molar-refractivity contribution in [2.45, 2.75) is 56.9 Å². The van der Waals surface area contributed by atoms with Gasteiger partial charge in [0.1, 0.15) is 5.82 Å². The summed E-state index contributed by atoms with van der Waals surface area (Å²) in [7, 11) is -1.40. The van der Waals surface area contributed by atoms with Crippen molar-refractivity contribution < 1.29 is 12.8 Å². The van der Waals surface area contributed by atoms with Crippen LogP contribution in [0.2, 0.25) is 0 Å². The largest absolute Gasteiger partial charge is 0.317 e. The van der Waals surface area contributed by atoms with Crippen LogP contribution in [-0.4, -0.2) is 36.2 Å². The van der Waals surface area contributed by atoms with Crippen LogP contribution in [0.1, 0.15) is 43.4 Å². The van der Waals surface area contributed by atoms with Crippen molar-refractivity contribution >= 4 is 9.84 Å². The lowest BCUT2D eigenvalue weighted by atomic mass is 9.89. The molecule has 1 fully saturated rings. The van der Waals surface area contributed by atoms with Crippen LogP contribution in [0.3, 0.4) is 0 Å². The molecule has 0 amide bonds. The molecular formula is C20H28FN3O2S. The molecule has 0 aliphatic heterocycles. The highest BCUT2D eigenvalue weighted by atomic mass is 32.2. The fourth-order valence-electron chi connectivity index (χ4n) is 3.87. The molecule has 1 aliphatic carbocycles. The highest BCUT2D eigenvalue weighted by molar-refractivity contribution is 7.90. The molecule has 1 saturated carbocycles. The van der Waals surface area contributed by atoms with Gasteiger partial charge in [0.25, 0.3) is 0 Å². The third kappa shape index (κ3) is 5.39. The minimum Gasteiger partial charge on any atom is -0.317 e. The first kappa shape index (κ1) is 20.0. The van der Waals surface area contributed by atoms with Crippen molar-refractivity contribution in [3.63, 3.8) is 0 Å². The Hall–Kier alpha value is -1.73. The number of hydrogen-bond donors (Lipinski definition) is 0. The lowest BCUT2D eigenvalue weighted by Gasteiger charge is -2.25. The fraction of sp³-hybridized carbons (Fsp3) is 0.550. The summed E-state index contributed by atoms with van der Waals surface area (Å²) in [6.07, 6.45) is 8.89. The van der Waals surface area contributed by atoms with Crippen molar-refractivity contribution in [1.82, 2.24) is 14.5 Å². The van der Waals surface area contributed by atoms with E-state index in [-0.39, 0.29) is 11.0 Å². The van der Waals surface area contributed by atoms with Gasteiger partial charge in [-0.1, -0.05) is 31.4 Å². The Morgan fingerprint density at radius 3 is 2.44 bits per heavy atom. The van der Waals surface area contributed by atoms with E-state index in [0.29, 0.717) is 25.6 Å². The molecule has 3 rings (SSSR count). The van der Waals surface area contributed by atoms with Crippen LogP contribution in [0.5, 0.6) is 0 Å². The molecule has 1 aromatic heterocycles. The van der Waals surface area contributed by atoms with Crippen molar-refractivity contribution in [3.05, 3.63) is 47.5 Å². The van der Waals surface area contributed by atoms with E-state index in [4.69, 9.17) is 0 Å². The topological polar surface area (TPSA) is 55.2 Å². The average molecular weight is 394 g/mol. The molecule has 1 aliphatic rings. The molecule has 0 atom stereocenters. The number of benzene rings is 1. The summed E-state index contributed by atoms with van der Waals surface area (Å²) >= 11 is 0. The van der Waals surface area contributed by atoms with Gasteiger partial charge in [0.05, 0.1) is 11.9 Å². The summed E-state index contributed by atoms with van der Waals surface area (Å²) in [4.78, 5) is 6.31. The summed E-state index contributed by atoms with van der Waals surface area (Å²) in [6.45, 7) is 1.96. The molecule has 5 nitrogen and oxygen atoms in total. The quantitative estimate of drug-likeness (QED) is 0.721. The molecular weight excluding hydrogens is 365 g/mol. The monoisotopic (exact) mass is 393 g/mol. The first-order valence-electron chi connectivity index (χ1n) is 9.50. The van der Waals surface area contributed by atoms with Crippen LogP contribution in [0.15, 0.2) is 35.6 Å². The number of nitrogens with zero attached hydrogens (tertiary/aromatic N) is 3. The molecule has 0 radical (unpaired) electrons. The third-order valence-corrected chi connectivity index (χ3v) is 6.19. The van der Waals surface area contributed by atoms with E-state index < -0.39 is 9.84 Å². The van der Waals surface area contributed by atoms with Gasteiger partial charge in [0.15, 0.2) is 0 Å². The van der Waals surface area contributed by atoms with E-state index >= 15 is 0 Å². The van der Waals surface area contributed by atoms with E-state index in [1.807, 2.05) is 11.6 Å². The van der Waals surface area contributed by atoms with Crippen LogP contribution >= 0.6 is 0 Å². The van der Waals surface area contributed by atoms with Crippen molar-refractivity contribution in [3.8, 4) is 0 Å². The second-order valence-electron chi connectivity index (χ2n) is 7.72. The number of aromatic nitrogens is 2. The van der Waals surface area contributed by atoms with Gasteiger partial charge in [0, 0.05) is 25.9 Å². The Labute approximate surface area is 161 Å². The molecule has 148 valence electrons. The lowest BCUT2D eigenvalue weighted by molar-refractivity contribution is 0.282. The smallest absolute Gasteiger partial charge is 0.227 e. The van der Waals surface area contributed by atoms with Crippen LogP contribution in [-0.2, 0) is 29.5 Å². The van der Waals surface area contributed by atoms with E-state index in [1.165, 1.54) is 37.7 Å². The minimum atomic E-state index is -3.37. The first-order valence-corrected chi connectivity index (χ1v) is 11.4. The van der Waals surface area contributed by atoms with Gasteiger partial charge < -0.3 is 4.57 Å². The van der Waals surface area contributed by atoms with E-state index in [1.54, 1.807) is 18.3 Å². The molecule has 0 saturated heterocycles. The Bertz CT molecular complexity index is 856. The number of sulfone groups is 1. The maximum Gasteiger partial charge on any atom is 0.227 e. The third-order valence-electron chi connectivity index (χ3n) is 5.20. The zero-order valence-corrected chi connectivity index (χ0v) is 16.9. The molecule has 0 bridgehead atoms. The predicted octanol–water partition coefficient (Wildman–Crippen LogP) is 3.64. The molecule has 7 heteroatoms. The van der Waals surface area contributed by atoms with Crippen molar-refractivity contribution in [2.24, 2.45) is 5.92 Å². The van der Waals surface area contributed by atoms with Crippen LogP contribution < -0.4 is 0 Å². The second-order valence-corrected chi connectivity index (χ2v) is 9.63. The molecule has 27 heavy (non-hydrogen) atoms. The van der Waals surface area contributed by atoms with Gasteiger partial charge in [-0.05, 0) is 43.5 Å². The fourth-order valence-corrected chi connectivity index (χ4v) is 4.71. The summed E-state index contributed by atoms with van der Waals surface area (Å²) in [6, 6.07) is 6.46. The Morgan fingerprint density at radius 2 is 1.81 bits per heavy atom. The number of hydrogen-bond acceptors (Lipinski definition) is 4. The SMILES string of the molecule is CN(Cc1ccc(F)cc1)Cc1cnc(S(C)(=O)=O)n1CC1CCCCC1. The van der Waals surface area contributed by atoms with Crippen molar-refractivity contribution in [2.75, 3.05) is 13.3 Å². The Balaban J connectivity index is 1.77. The maximum atomic E-state index is 13.1. The summed E-state index contributed by atoms with van der Waals surface area (Å²) in [5, 5.41) is 0.165. The molecule has 1 heterocycles. The van der Waals surface area contributed by atoms with Crippen LogP contribution in [0, 0.1) is 11.7 Å². The van der Waals surface area contributed by atoms with Gasteiger partial charge in [-0.2, -0.15) is 0 Å². The van der Waals surface area contributed by atoms with Gasteiger partial charge in [-0.25, -0.2) is 17.8 Å². The summed E-state index contributed by atoms with van der Waals surface area (Å²) in [5.74, 6) is 0.263. The van der Waals surface area contributed by atoms with Gasteiger partial charge >= 0.3 is 0 Å². The molecule has 1 aromatic carbocycles. The molecule has 0 spiro atoms. The normalized spacial score (nSPS) is 16.1. The molecule has 0 N–H and O–H groups in total. The lowest BCUT2D eigenvalue weighted by Crippen LogP contribution is -2.23. The van der Waals surface area contributed by atoms with E-state index in [0.717, 1.165) is 24.1 Å². The Morgan fingerprint density at radius 1 is 1.15 bits per heavy atom. The highest BCUT2D eigenvalue weighted by Gasteiger charge is 2.23. The van der Waals surface area contributed by atoms with E-state index in [9.17, 15) is 12.8 Å². The number of imidazole rings is 1. The number of halogens is 1. The maximum absolute atomic E-state index is 13.1. The predicted molar refractivity (Wildman–Crippen MR) is 103 cm³/mol. The second kappa shape index (κ2) is 8.52. The summed E-state index contributed by atoms with van der Waals surface area (Å²) < 4.78 is 39.3. The summed E-state index contributed by atoms with van der Waals surface area (Å²) in [5.41, 5.74) is 1.92. The van der Waals surface area contributed by atoms with E-state index in [2.05, 4.69) is 9.88 Å². The Kier molecular flexibility index (Phi) is 6.32. The highest BCUT2D eigenvalue weighted by Crippen LogP contribution is 2.27. The van der Waals surface area contributed by atoms with Gasteiger partial charge in [0.2, 0.25) is 15.0 Å². The molecule has 2 aromatic rings. The standard InChI is InChI=1S/C20H28FN3O2S/c1-23(13-17-8-10-18(21)11-9-17)15-19-12-22-20(27(2,25)26)24(19)14-16-6-4-3-5-7-16/h8-12,16H,3-7,13-15H2,1-2H3. The van der Waals surface area contributed by atoms with Gasteiger partial charge in [-0.3, -0.25) is 4.90 Å². The van der Waals surface area contributed by atoms with Crippen LogP contribution in [0.25, 0.3) is 0 Å². The molecule has 0 unspecified atom stereocenters. The van der Waals surface area contributed by atoms with Crippen molar-refractivity contribution in [1.29, 1.82) is 0 Å². The van der Waals surface area contributed by atoms with Gasteiger partial charge in [-0.15, -0.1) is 0 Å². The minimum absolute atomic E-state index is 0.165. The van der Waals surface area contributed by atoms with Crippen LogP contribution in [0.4, 0.5) is 4.39 Å². The number of rotatable bonds is 7. The average Bonchev–Trinajstić information content (AvgIpc) is 3.00. The zero-order valence-electron chi connectivity index (χ0n) is 16.1. The zero-order chi connectivity index (χ0) is 19.4.